The van der Waals surface area contributed by atoms with Crippen molar-refractivity contribution < 1.29 is 9.18 Å². The van der Waals surface area contributed by atoms with Crippen LogP contribution < -0.4 is 5.32 Å². The summed E-state index contributed by atoms with van der Waals surface area (Å²) in [5, 5.41) is 3.18. The van der Waals surface area contributed by atoms with E-state index < -0.39 is 5.54 Å². The van der Waals surface area contributed by atoms with Gasteiger partial charge in [0.2, 0.25) is 0 Å². The number of nitrogens with zero attached hydrogens (tertiary/aromatic N) is 2. The number of imidazole rings is 1. The largest absolute Gasteiger partial charge is 0.342 e. The van der Waals surface area contributed by atoms with Crippen LogP contribution in [0.15, 0.2) is 49.0 Å². The van der Waals surface area contributed by atoms with Gasteiger partial charge in [-0.1, -0.05) is 30.4 Å². The molecule has 1 aliphatic rings. The molecule has 4 rings (SSSR count). The lowest BCUT2D eigenvalue weighted by Crippen LogP contribution is -2.50. The Bertz CT molecular complexity index is 1130. The van der Waals surface area contributed by atoms with E-state index in [4.69, 9.17) is 0 Å². The quantitative estimate of drug-likeness (QED) is 0.580. The lowest BCUT2D eigenvalue weighted by atomic mass is 9.91. The number of benzene rings is 2. The molecule has 0 spiro atoms. The van der Waals surface area contributed by atoms with Crippen molar-refractivity contribution in [1.82, 2.24) is 20.2 Å². The van der Waals surface area contributed by atoms with Gasteiger partial charge in [-0.2, -0.15) is 0 Å². The third-order valence-corrected chi connectivity index (χ3v) is 6.13. The molecule has 2 N–H and O–H groups in total. The minimum atomic E-state index is -0.498. The molecule has 1 saturated heterocycles. The summed E-state index contributed by atoms with van der Waals surface area (Å²) in [5.41, 5.74) is 4.11. The number of H-pyrrole nitrogens is 1. The second kappa shape index (κ2) is 8.17. The molecule has 0 bridgehead atoms. The van der Waals surface area contributed by atoms with Gasteiger partial charge < -0.3 is 15.2 Å². The Hall–Kier alpha value is -3.15. The number of amides is 2. The van der Waals surface area contributed by atoms with E-state index in [1.54, 1.807) is 6.07 Å². The number of halogens is 1. The predicted molar refractivity (Wildman–Crippen MR) is 122 cm³/mol. The van der Waals surface area contributed by atoms with E-state index in [9.17, 15) is 9.18 Å². The maximum atomic E-state index is 13.4. The molecule has 2 amide bonds. The Labute approximate surface area is 182 Å². The predicted octanol–water partition coefficient (Wildman–Crippen LogP) is 5.56. The van der Waals surface area contributed by atoms with Gasteiger partial charge in [0, 0.05) is 19.0 Å². The smallest absolute Gasteiger partial charge is 0.318 e. The molecular formula is C25H29FN4O. The number of carbonyl (C=O) groups excluding carboxylic acids is 1. The van der Waals surface area contributed by atoms with Crippen LogP contribution in [-0.2, 0) is 5.54 Å². The van der Waals surface area contributed by atoms with Crippen molar-refractivity contribution in [2.45, 2.75) is 45.1 Å². The van der Waals surface area contributed by atoms with Gasteiger partial charge >= 0.3 is 6.03 Å². The first-order chi connectivity index (χ1) is 14.7. The number of aromatic nitrogens is 2. The Balaban J connectivity index is 1.39. The molecule has 0 aliphatic carbocycles. The average Bonchev–Trinajstić information content (AvgIpc) is 3.17. The highest BCUT2D eigenvalue weighted by Gasteiger charge is 2.30. The topological polar surface area (TPSA) is 61.0 Å². The summed E-state index contributed by atoms with van der Waals surface area (Å²) in [5.74, 6) is 0.836. The van der Waals surface area contributed by atoms with E-state index in [-0.39, 0.29) is 17.8 Å². The number of carbonyl (C=O) groups is 1. The fraction of sp³-hybridized carbons (Fsp3) is 0.360. The molecule has 1 fully saturated rings. The highest BCUT2D eigenvalue weighted by molar-refractivity contribution is 5.76. The first-order valence-electron chi connectivity index (χ1n) is 10.7. The van der Waals surface area contributed by atoms with Crippen LogP contribution in [0.4, 0.5) is 9.18 Å². The normalized spacial score (nSPS) is 15.3. The summed E-state index contributed by atoms with van der Waals surface area (Å²) in [6.07, 6.45) is 1.64. The summed E-state index contributed by atoms with van der Waals surface area (Å²) in [4.78, 5) is 22.7. The lowest BCUT2D eigenvalue weighted by molar-refractivity contribution is 0.170. The van der Waals surface area contributed by atoms with E-state index in [2.05, 4.69) is 27.9 Å². The first-order valence-corrected chi connectivity index (χ1v) is 10.7. The molecule has 2 heterocycles. The number of hydrogen-bond donors (Lipinski definition) is 2. The minimum Gasteiger partial charge on any atom is -0.342 e. The lowest BCUT2D eigenvalue weighted by Gasteiger charge is -2.35. The fourth-order valence-corrected chi connectivity index (χ4v) is 4.14. The van der Waals surface area contributed by atoms with Crippen molar-refractivity contribution in [1.29, 1.82) is 0 Å². The molecular weight excluding hydrogens is 391 g/mol. The maximum Gasteiger partial charge on any atom is 0.318 e. The zero-order valence-electron chi connectivity index (χ0n) is 18.3. The number of piperidine rings is 1. The number of rotatable bonds is 4. The molecule has 1 aromatic heterocycles. The third kappa shape index (κ3) is 4.48. The minimum absolute atomic E-state index is 0.0594. The number of likely N-dealkylation sites (tertiary alicyclic amines) is 1. The van der Waals surface area contributed by atoms with Crippen LogP contribution in [0.2, 0.25) is 0 Å². The third-order valence-electron chi connectivity index (χ3n) is 6.13. The number of allylic oxidation sites excluding steroid dienone is 1. The highest BCUT2D eigenvalue weighted by Crippen LogP contribution is 2.29. The monoisotopic (exact) mass is 420 g/mol. The number of fused-ring (bicyclic) bond motifs is 1. The summed E-state index contributed by atoms with van der Waals surface area (Å²) in [6.45, 7) is 11.3. The van der Waals surface area contributed by atoms with Crippen LogP contribution in [0.3, 0.4) is 0 Å². The van der Waals surface area contributed by atoms with Gasteiger partial charge in [-0.05, 0) is 69.0 Å². The van der Waals surface area contributed by atoms with Crippen molar-refractivity contribution >= 4 is 22.6 Å². The van der Waals surface area contributed by atoms with E-state index in [1.165, 1.54) is 12.1 Å². The van der Waals surface area contributed by atoms with Crippen LogP contribution in [0.5, 0.6) is 0 Å². The van der Waals surface area contributed by atoms with Crippen LogP contribution in [0, 0.1) is 5.82 Å². The SMILES string of the molecule is C=C(C)c1cccc(C(C)(C)NC(=O)N2CCC(c3nc4ccc(F)cc4[nH]3)CC2)c1. The molecule has 1 aliphatic heterocycles. The molecule has 6 heteroatoms. The van der Waals surface area contributed by atoms with Crippen LogP contribution in [-0.4, -0.2) is 34.0 Å². The first kappa shape index (κ1) is 21.1. The van der Waals surface area contributed by atoms with Crippen molar-refractivity contribution in [2.24, 2.45) is 0 Å². The molecule has 2 aromatic carbocycles. The standard InChI is InChI=1S/C25H29FN4O/c1-16(2)18-6-5-7-19(14-18)25(3,4)29-24(31)30-12-10-17(11-13-30)23-27-21-9-8-20(26)15-22(21)28-23/h5-9,14-15,17H,1,10-13H2,2-4H3,(H,27,28)(H,29,31). The second-order valence-electron chi connectivity index (χ2n) is 8.96. The summed E-state index contributed by atoms with van der Waals surface area (Å²) in [6, 6.07) is 12.7. The number of urea groups is 1. The van der Waals surface area contributed by atoms with Crippen molar-refractivity contribution in [3.63, 3.8) is 0 Å². The number of aromatic amines is 1. The van der Waals surface area contributed by atoms with E-state index in [0.29, 0.717) is 18.6 Å². The Morgan fingerprint density at radius 3 is 2.68 bits per heavy atom. The summed E-state index contributed by atoms with van der Waals surface area (Å²) >= 11 is 0. The Kier molecular flexibility index (Phi) is 5.56. The van der Waals surface area contributed by atoms with Crippen LogP contribution >= 0.6 is 0 Å². The van der Waals surface area contributed by atoms with Gasteiger partial charge in [0.15, 0.2) is 0 Å². The molecule has 0 radical (unpaired) electrons. The second-order valence-corrected chi connectivity index (χ2v) is 8.96. The number of hydrogen-bond acceptors (Lipinski definition) is 2. The molecule has 0 atom stereocenters. The van der Waals surface area contributed by atoms with Gasteiger partial charge in [-0.3, -0.25) is 0 Å². The van der Waals surface area contributed by atoms with Gasteiger partial charge in [-0.25, -0.2) is 14.2 Å². The maximum absolute atomic E-state index is 13.4. The molecule has 0 unspecified atom stereocenters. The van der Waals surface area contributed by atoms with Crippen molar-refractivity contribution in [3.8, 4) is 0 Å². The summed E-state index contributed by atoms with van der Waals surface area (Å²) in [7, 11) is 0. The average molecular weight is 421 g/mol. The molecule has 3 aromatic rings. The van der Waals surface area contributed by atoms with Crippen molar-refractivity contribution in [2.75, 3.05) is 13.1 Å². The van der Waals surface area contributed by atoms with Crippen LogP contribution in [0.25, 0.3) is 16.6 Å². The highest BCUT2D eigenvalue weighted by atomic mass is 19.1. The van der Waals surface area contributed by atoms with Crippen molar-refractivity contribution in [3.05, 3.63) is 71.8 Å². The Morgan fingerprint density at radius 1 is 1.23 bits per heavy atom. The zero-order valence-corrected chi connectivity index (χ0v) is 18.3. The molecule has 162 valence electrons. The van der Waals surface area contributed by atoms with E-state index in [0.717, 1.165) is 40.9 Å². The fourth-order valence-electron chi connectivity index (χ4n) is 4.14. The Morgan fingerprint density at radius 2 is 1.97 bits per heavy atom. The van der Waals surface area contributed by atoms with Gasteiger partial charge in [0.25, 0.3) is 0 Å². The number of nitrogens with one attached hydrogen (secondary N) is 2. The molecule has 5 nitrogen and oxygen atoms in total. The van der Waals surface area contributed by atoms with E-state index >= 15 is 0 Å². The van der Waals surface area contributed by atoms with Crippen LogP contribution in [0.1, 0.15) is 56.5 Å². The summed E-state index contributed by atoms with van der Waals surface area (Å²) < 4.78 is 13.4. The van der Waals surface area contributed by atoms with Gasteiger partial charge in [0.05, 0.1) is 16.6 Å². The molecule has 0 saturated carbocycles. The van der Waals surface area contributed by atoms with Gasteiger partial charge in [-0.15, -0.1) is 0 Å². The van der Waals surface area contributed by atoms with E-state index in [1.807, 2.05) is 43.9 Å². The van der Waals surface area contributed by atoms with Gasteiger partial charge in [0.1, 0.15) is 11.6 Å². The molecule has 31 heavy (non-hydrogen) atoms. The zero-order chi connectivity index (χ0) is 22.2.